The van der Waals surface area contributed by atoms with Gasteiger partial charge in [-0.1, -0.05) is 103 Å². The van der Waals surface area contributed by atoms with Gasteiger partial charge in [-0.2, -0.15) is 8.78 Å². The number of hydrogen-bond donors (Lipinski definition) is 0. The van der Waals surface area contributed by atoms with Gasteiger partial charge in [0.25, 0.3) is 0 Å². The van der Waals surface area contributed by atoms with E-state index in [1.54, 1.807) is 12.1 Å². The summed E-state index contributed by atoms with van der Waals surface area (Å²) in [4.78, 5) is 0. The van der Waals surface area contributed by atoms with E-state index in [0.29, 0.717) is 0 Å². The molecule has 2 atom stereocenters. The number of alkyl halides is 2. The summed E-state index contributed by atoms with van der Waals surface area (Å²) in [6.45, 7) is 0.753. The molecule has 0 saturated heterocycles. The van der Waals surface area contributed by atoms with Crippen molar-refractivity contribution in [2.24, 2.45) is 5.92 Å². The number of hydrogen-bond acceptors (Lipinski definition) is 1. The van der Waals surface area contributed by atoms with E-state index >= 15 is 0 Å². The molecule has 0 N–H and O–H groups in total. The zero-order chi connectivity index (χ0) is 24.0. The van der Waals surface area contributed by atoms with Gasteiger partial charge in [-0.25, -0.2) is 0 Å². The predicted molar refractivity (Wildman–Crippen MR) is 138 cm³/mol. The van der Waals surface area contributed by atoms with Gasteiger partial charge < -0.3 is 4.74 Å². The first-order valence-electron chi connectivity index (χ1n) is 11.8. The number of fused-ring (bicyclic) bond motifs is 3. The maximum absolute atomic E-state index is 13.4. The molecule has 0 spiro atoms. The second kappa shape index (κ2) is 8.35. The van der Waals surface area contributed by atoms with Crippen LogP contribution < -0.4 is 4.74 Å². The Bertz CT molecular complexity index is 1500. The van der Waals surface area contributed by atoms with Crippen LogP contribution in [0.2, 0.25) is 0 Å². The van der Waals surface area contributed by atoms with Crippen LogP contribution in [-0.4, -0.2) is 6.11 Å². The topological polar surface area (TPSA) is 9.23 Å². The van der Waals surface area contributed by atoms with E-state index in [1.807, 2.05) is 12.1 Å². The van der Waals surface area contributed by atoms with E-state index < -0.39 is 6.11 Å². The molecule has 0 radical (unpaired) electrons. The number of halogens is 2. The SMILES string of the molecule is CC(F)(F)Oc1ccc(C2c3ccccc3C(c3cccc4ccccc34)=C3C=CC=CC32)cc1. The average molecular weight is 463 g/mol. The van der Waals surface area contributed by atoms with Crippen LogP contribution in [0.25, 0.3) is 16.3 Å². The van der Waals surface area contributed by atoms with Gasteiger partial charge in [0.15, 0.2) is 0 Å². The molecule has 6 rings (SSSR count). The summed E-state index contributed by atoms with van der Waals surface area (Å²) in [7, 11) is 0. The molecule has 1 nitrogen and oxygen atoms in total. The van der Waals surface area contributed by atoms with Crippen molar-refractivity contribution in [3.05, 3.63) is 143 Å². The Morgan fingerprint density at radius 1 is 0.743 bits per heavy atom. The Hall–Kier alpha value is -3.98. The first-order chi connectivity index (χ1) is 17.0. The molecule has 2 aliphatic carbocycles. The highest BCUT2D eigenvalue weighted by Gasteiger charge is 2.35. The second-order valence-corrected chi connectivity index (χ2v) is 9.17. The molecular weight excluding hydrogens is 438 g/mol. The third kappa shape index (κ3) is 3.87. The van der Waals surface area contributed by atoms with Crippen molar-refractivity contribution in [2.45, 2.75) is 19.0 Å². The molecule has 0 fully saturated rings. The Labute approximate surface area is 203 Å². The van der Waals surface area contributed by atoms with Crippen molar-refractivity contribution in [2.75, 3.05) is 0 Å². The maximum atomic E-state index is 13.4. The molecule has 0 amide bonds. The molecule has 2 aliphatic rings. The Kier molecular flexibility index (Phi) is 5.14. The van der Waals surface area contributed by atoms with E-state index in [1.165, 1.54) is 38.6 Å². The molecule has 0 bridgehead atoms. The van der Waals surface area contributed by atoms with Crippen molar-refractivity contribution in [3.8, 4) is 5.75 Å². The Morgan fingerprint density at radius 2 is 1.46 bits per heavy atom. The zero-order valence-corrected chi connectivity index (χ0v) is 19.3. The predicted octanol–water partition coefficient (Wildman–Crippen LogP) is 8.52. The van der Waals surface area contributed by atoms with Crippen molar-refractivity contribution < 1.29 is 13.5 Å². The minimum atomic E-state index is -3.21. The molecule has 172 valence electrons. The van der Waals surface area contributed by atoms with Crippen molar-refractivity contribution >= 4 is 16.3 Å². The third-order valence-corrected chi connectivity index (χ3v) is 6.87. The number of benzene rings is 4. The normalized spacial score (nSPS) is 18.9. The minimum Gasteiger partial charge on any atom is -0.433 e. The first kappa shape index (κ1) is 21.5. The fraction of sp³-hybridized carbons (Fsp3) is 0.125. The van der Waals surface area contributed by atoms with Crippen LogP contribution in [0.15, 0.2) is 121 Å². The molecule has 2 unspecified atom stereocenters. The smallest absolute Gasteiger partial charge is 0.394 e. The average Bonchev–Trinajstić information content (AvgIpc) is 2.87. The summed E-state index contributed by atoms with van der Waals surface area (Å²) in [6, 6.07) is 30.6. The third-order valence-electron chi connectivity index (χ3n) is 6.87. The quantitative estimate of drug-likeness (QED) is 0.295. The first-order valence-corrected chi connectivity index (χ1v) is 11.8. The molecule has 4 aromatic carbocycles. The summed E-state index contributed by atoms with van der Waals surface area (Å²) in [5.41, 5.74) is 7.27. The van der Waals surface area contributed by atoms with Gasteiger partial charge in [0.05, 0.1) is 0 Å². The lowest BCUT2D eigenvalue weighted by molar-refractivity contribution is -0.158. The Balaban J connectivity index is 1.54. The lowest BCUT2D eigenvalue weighted by atomic mass is 9.66. The summed E-state index contributed by atoms with van der Waals surface area (Å²) in [5, 5.41) is 2.45. The van der Waals surface area contributed by atoms with Crippen LogP contribution in [0.1, 0.15) is 35.1 Å². The van der Waals surface area contributed by atoms with E-state index in [0.717, 1.165) is 12.5 Å². The molecule has 0 heterocycles. The van der Waals surface area contributed by atoms with Crippen LogP contribution in [0.5, 0.6) is 5.75 Å². The van der Waals surface area contributed by atoms with Crippen LogP contribution in [0.3, 0.4) is 0 Å². The monoisotopic (exact) mass is 462 g/mol. The van der Waals surface area contributed by atoms with Crippen LogP contribution in [0.4, 0.5) is 8.78 Å². The molecule has 0 aromatic heterocycles. The van der Waals surface area contributed by atoms with E-state index in [9.17, 15) is 8.78 Å². The lowest BCUT2D eigenvalue weighted by Crippen LogP contribution is -2.23. The van der Waals surface area contributed by atoms with Gasteiger partial charge in [-0.3, -0.25) is 0 Å². The Morgan fingerprint density at radius 3 is 2.29 bits per heavy atom. The van der Waals surface area contributed by atoms with Crippen LogP contribution >= 0.6 is 0 Å². The minimum absolute atomic E-state index is 0.0670. The zero-order valence-electron chi connectivity index (χ0n) is 19.3. The van der Waals surface area contributed by atoms with Crippen LogP contribution in [0, 0.1) is 5.92 Å². The van der Waals surface area contributed by atoms with E-state index in [-0.39, 0.29) is 17.6 Å². The molecule has 0 saturated carbocycles. The highest BCUT2D eigenvalue weighted by Crippen LogP contribution is 2.51. The lowest BCUT2D eigenvalue weighted by Gasteiger charge is -2.37. The standard InChI is InChI=1S/C32H24F2O/c1-32(33,34)35-23-19-17-22(18-20-23)30-26-12-4-6-14-28(26)31(29-15-7-5-13-27(29)30)25-16-8-10-21-9-2-3-11-24(21)25/h2-20,26,30H,1H3. The highest BCUT2D eigenvalue weighted by atomic mass is 19.3. The largest absolute Gasteiger partial charge is 0.433 e. The van der Waals surface area contributed by atoms with Gasteiger partial charge in [0.1, 0.15) is 5.75 Å². The fourth-order valence-corrected chi connectivity index (χ4v) is 5.52. The highest BCUT2D eigenvalue weighted by molar-refractivity contribution is 6.00. The molecule has 3 heteroatoms. The van der Waals surface area contributed by atoms with Gasteiger partial charge in [-0.05, 0) is 56.3 Å². The van der Waals surface area contributed by atoms with Gasteiger partial charge in [0.2, 0.25) is 0 Å². The summed E-state index contributed by atoms with van der Waals surface area (Å²) < 4.78 is 31.5. The van der Waals surface area contributed by atoms with E-state index in [4.69, 9.17) is 4.74 Å². The molecule has 4 aromatic rings. The van der Waals surface area contributed by atoms with E-state index in [2.05, 4.69) is 91.0 Å². The van der Waals surface area contributed by atoms with Gasteiger partial charge >= 0.3 is 6.11 Å². The summed E-state index contributed by atoms with van der Waals surface area (Å²) >= 11 is 0. The maximum Gasteiger partial charge on any atom is 0.394 e. The number of ether oxygens (including phenoxy) is 1. The molecule has 35 heavy (non-hydrogen) atoms. The van der Waals surface area contributed by atoms with Gasteiger partial charge in [-0.15, -0.1) is 0 Å². The van der Waals surface area contributed by atoms with Crippen molar-refractivity contribution in [3.63, 3.8) is 0 Å². The second-order valence-electron chi connectivity index (χ2n) is 9.17. The fourth-order valence-electron chi connectivity index (χ4n) is 5.52. The number of rotatable bonds is 4. The van der Waals surface area contributed by atoms with Crippen LogP contribution in [-0.2, 0) is 0 Å². The van der Waals surface area contributed by atoms with Crippen molar-refractivity contribution in [1.82, 2.24) is 0 Å². The molecular formula is C32H24F2O. The number of allylic oxidation sites excluding steroid dienone is 5. The van der Waals surface area contributed by atoms with Crippen molar-refractivity contribution in [1.29, 1.82) is 0 Å². The summed E-state index contributed by atoms with van der Waals surface area (Å²) in [6.07, 6.45) is 5.47. The summed E-state index contributed by atoms with van der Waals surface area (Å²) in [5.74, 6) is 0.359. The van der Waals surface area contributed by atoms with Gasteiger partial charge in [0, 0.05) is 18.8 Å². The molecule has 0 aliphatic heterocycles.